The summed E-state index contributed by atoms with van der Waals surface area (Å²) >= 11 is 1.61. The van der Waals surface area contributed by atoms with Gasteiger partial charge in [0.15, 0.2) is 5.17 Å². The Morgan fingerprint density at radius 1 is 1.33 bits per heavy atom. The Morgan fingerprint density at radius 3 is 2.48 bits per heavy atom. The Labute approximate surface area is 131 Å². The molecule has 1 aromatic rings. The third kappa shape index (κ3) is 3.59. The second-order valence-corrected chi connectivity index (χ2v) is 6.65. The van der Waals surface area contributed by atoms with E-state index in [1.54, 1.807) is 11.8 Å². The van der Waals surface area contributed by atoms with Crippen LogP contribution in [0.3, 0.4) is 0 Å². The minimum absolute atomic E-state index is 0.242. The molecule has 2 unspecified atom stereocenters. The highest BCUT2D eigenvalue weighted by atomic mass is 32.2. The van der Waals surface area contributed by atoms with Crippen LogP contribution in [0.1, 0.15) is 44.5 Å². The summed E-state index contributed by atoms with van der Waals surface area (Å²) in [7, 11) is 0. The maximum Gasteiger partial charge on any atom is 0.154 e. The normalized spacial score (nSPS) is 24.0. The number of aliphatic hydroxyl groups excluding tert-OH is 1. The molecule has 0 radical (unpaired) electrons. The maximum absolute atomic E-state index is 10.4. The first-order valence-corrected chi connectivity index (χ1v) is 8.49. The van der Waals surface area contributed by atoms with E-state index in [2.05, 4.69) is 37.9 Å². The van der Waals surface area contributed by atoms with Crippen LogP contribution in [0, 0.1) is 0 Å². The molecule has 0 aromatic heterocycles. The number of amidine groups is 1. The molecule has 2 atom stereocenters. The van der Waals surface area contributed by atoms with Crippen LogP contribution in [0.4, 0.5) is 0 Å². The van der Waals surface area contributed by atoms with Crippen LogP contribution < -0.4 is 5.73 Å². The molecule has 0 spiro atoms. The molecule has 4 nitrogen and oxygen atoms in total. The molecule has 1 aromatic carbocycles. The molecule has 3 N–H and O–H groups in total. The van der Waals surface area contributed by atoms with E-state index in [1.165, 1.54) is 0 Å². The predicted octanol–water partition coefficient (Wildman–Crippen LogP) is 2.69. The van der Waals surface area contributed by atoms with Crippen molar-refractivity contribution < 1.29 is 5.11 Å². The van der Waals surface area contributed by atoms with Crippen molar-refractivity contribution in [3.05, 3.63) is 35.4 Å². The second kappa shape index (κ2) is 6.81. The Morgan fingerprint density at radius 2 is 1.95 bits per heavy atom. The van der Waals surface area contributed by atoms with Crippen molar-refractivity contribution in [1.29, 1.82) is 0 Å². The lowest BCUT2D eigenvalue weighted by molar-refractivity contribution is 0.00900. The van der Waals surface area contributed by atoms with Gasteiger partial charge in [-0.2, -0.15) is 0 Å². The molecule has 0 aliphatic carbocycles. The maximum atomic E-state index is 10.4. The van der Waals surface area contributed by atoms with Gasteiger partial charge in [0, 0.05) is 5.75 Å². The molecular weight excluding hydrogens is 282 g/mol. The molecule has 1 aliphatic heterocycles. The zero-order chi connectivity index (χ0) is 15.5. The van der Waals surface area contributed by atoms with Crippen molar-refractivity contribution >= 4 is 16.9 Å². The van der Waals surface area contributed by atoms with E-state index >= 15 is 0 Å². The van der Waals surface area contributed by atoms with Crippen LogP contribution in [-0.4, -0.2) is 34.0 Å². The van der Waals surface area contributed by atoms with Gasteiger partial charge in [0.2, 0.25) is 0 Å². The van der Waals surface area contributed by atoms with E-state index in [0.717, 1.165) is 36.4 Å². The van der Waals surface area contributed by atoms with E-state index in [1.807, 2.05) is 17.0 Å². The molecule has 1 heterocycles. The standard InChI is InChI=1S/C16H25N3OS/c1-4-19(5-2)14(20)12-6-8-13(9-7-12)16(3)10-11-21-15(17)18-16/h6-9,14,20H,4-5,10-11H2,1-3H3,(H2,17,18). The largest absolute Gasteiger partial charge is 0.379 e. The molecular formula is C16H25N3OS. The summed E-state index contributed by atoms with van der Waals surface area (Å²) in [5.41, 5.74) is 7.70. The fraction of sp³-hybridized carbons (Fsp3) is 0.562. The van der Waals surface area contributed by atoms with Crippen LogP contribution in [0.15, 0.2) is 29.3 Å². The van der Waals surface area contributed by atoms with E-state index in [4.69, 9.17) is 5.73 Å². The number of nitrogens with two attached hydrogens (primary N) is 1. The average Bonchev–Trinajstić information content (AvgIpc) is 2.48. The number of benzene rings is 1. The van der Waals surface area contributed by atoms with Crippen molar-refractivity contribution in [2.24, 2.45) is 10.7 Å². The van der Waals surface area contributed by atoms with Crippen LogP contribution in [-0.2, 0) is 5.54 Å². The summed E-state index contributed by atoms with van der Waals surface area (Å²) < 4.78 is 0. The quantitative estimate of drug-likeness (QED) is 0.821. The van der Waals surface area contributed by atoms with Gasteiger partial charge in [-0.15, -0.1) is 0 Å². The van der Waals surface area contributed by atoms with Gasteiger partial charge in [0.1, 0.15) is 6.23 Å². The van der Waals surface area contributed by atoms with Crippen molar-refractivity contribution in [2.75, 3.05) is 18.8 Å². The molecule has 2 rings (SSSR count). The van der Waals surface area contributed by atoms with E-state index in [9.17, 15) is 5.11 Å². The zero-order valence-corrected chi connectivity index (χ0v) is 13.9. The Kier molecular flexibility index (Phi) is 5.30. The summed E-state index contributed by atoms with van der Waals surface area (Å²) in [4.78, 5) is 6.63. The lowest BCUT2D eigenvalue weighted by atomic mass is 9.89. The van der Waals surface area contributed by atoms with Crippen molar-refractivity contribution in [3.8, 4) is 0 Å². The van der Waals surface area contributed by atoms with E-state index in [-0.39, 0.29) is 5.54 Å². The molecule has 21 heavy (non-hydrogen) atoms. The number of thioether (sulfide) groups is 1. The highest BCUT2D eigenvalue weighted by molar-refractivity contribution is 8.13. The van der Waals surface area contributed by atoms with Crippen molar-refractivity contribution in [1.82, 2.24) is 4.90 Å². The lowest BCUT2D eigenvalue weighted by Gasteiger charge is -2.30. The molecule has 0 amide bonds. The van der Waals surface area contributed by atoms with Crippen LogP contribution in [0.25, 0.3) is 0 Å². The van der Waals surface area contributed by atoms with Crippen molar-refractivity contribution in [3.63, 3.8) is 0 Å². The minimum atomic E-state index is -0.544. The minimum Gasteiger partial charge on any atom is -0.379 e. The molecule has 1 aliphatic rings. The summed E-state index contributed by atoms with van der Waals surface area (Å²) in [6.45, 7) is 7.89. The highest BCUT2D eigenvalue weighted by Gasteiger charge is 2.29. The van der Waals surface area contributed by atoms with Gasteiger partial charge in [-0.25, -0.2) is 0 Å². The Bertz CT molecular complexity index is 499. The van der Waals surface area contributed by atoms with Gasteiger partial charge in [0.05, 0.1) is 5.54 Å². The van der Waals surface area contributed by atoms with Gasteiger partial charge < -0.3 is 10.8 Å². The monoisotopic (exact) mass is 307 g/mol. The topological polar surface area (TPSA) is 61.8 Å². The lowest BCUT2D eigenvalue weighted by Crippen LogP contribution is -2.29. The molecule has 0 saturated heterocycles. The fourth-order valence-electron chi connectivity index (χ4n) is 2.69. The number of rotatable bonds is 5. The van der Waals surface area contributed by atoms with E-state index in [0.29, 0.717) is 5.17 Å². The van der Waals surface area contributed by atoms with E-state index < -0.39 is 6.23 Å². The summed E-state index contributed by atoms with van der Waals surface area (Å²) in [6.07, 6.45) is 0.438. The molecule has 0 bridgehead atoms. The number of hydrogen-bond donors (Lipinski definition) is 2. The summed E-state index contributed by atoms with van der Waals surface area (Å²) in [5, 5.41) is 11.0. The number of aliphatic imine (C=N–C) groups is 1. The Balaban J connectivity index is 2.21. The smallest absolute Gasteiger partial charge is 0.154 e. The fourth-order valence-corrected chi connectivity index (χ4v) is 3.66. The molecule has 5 heteroatoms. The average molecular weight is 307 g/mol. The number of hydrogen-bond acceptors (Lipinski definition) is 5. The Hall–Kier alpha value is -1.04. The predicted molar refractivity (Wildman–Crippen MR) is 90.4 cm³/mol. The second-order valence-electron chi connectivity index (χ2n) is 5.54. The number of nitrogens with zero attached hydrogens (tertiary/aromatic N) is 2. The third-order valence-corrected chi connectivity index (χ3v) is 4.98. The van der Waals surface area contributed by atoms with Crippen LogP contribution in [0.5, 0.6) is 0 Å². The summed E-state index contributed by atoms with van der Waals surface area (Å²) in [5.74, 6) is 0.996. The van der Waals surface area contributed by atoms with Gasteiger partial charge in [-0.3, -0.25) is 9.89 Å². The molecule has 0 fully saturated rings. The first-order chi connectivity index (χ1) is 10.00. The SMILES string of the molecule is CCN(CC)C(O)c1ccc(C2(C)CCSC(N)=N2)cc1. The number of aliphatic hydroxyl groups is 1. The van der Waals surface area contributed by atoms with Gasteiger partial charge in [-0.05, 0) is 37.6 Å². The zero-order valence-electron chi connectivity index (χ0n) is 13.0. The molecule has 116 valence electrons. The first-order valence-electron chi connectivity index (χ1n) is 7.51. The van der Waals surface area contributed by atoms with Gasteiger partial charge >= 0.3 is 0 Å². The highest BCUT2D eigenvalue weighted by Crippen LogP contribution is 2.35. The molecule has 0 saturated carbocycles. The van der Waals surface area contributed by atoms with Crippen LogP contribution in [0.2, 0.25) is 0 Å². The van der Waals surface area contributed by atoms with Gasteiger partial charge in [0.25, 0.3) is 0 Å². The van der Waals surface area contributed by atoms with Gasteiger partial charge in [-0.1, -0.05) is 49.9 Å². The summed E-state index contributed by atoms with van der Waals surface area (Å²) in [6, 6.07) is 8.12. The van der Waals surface area contributed by atoms with Crippen LogP contribution >= 0.6 is 11.8 Å². The first kappa shape index (κ1) is 16.3. The van der Waals surface area contributed by atoms with Crippen molar-refractivity contribution in [2.45, 2.75) is 39.0 Å². The third-order valence-electron chi connectivity index (χ3n) is 4.18.